The van der Waals surface area contributed by atoms with Crippen molar-refractivity contribution in [1.82, 2.24) is 14.5 Å². The van der Waals surface area contributed by atoms with Gasteiger partial charge in [0.15, 0.2) is 0 Å². The molecule has 2 heterocycles. The van der Waals surface area contributed by atoms with Gasteiger partial charge in [0.1, 0.15) is 11.6 Å². The number of phenols is 1. The van der Waals surface area contributed by atoms with Crippen molar-refractivity contribution in [1.29, 1.82) is 0 Å². The minimum absolute atomic E-state index is 0.0879. The second-order valence-corrected chi connectivity index (χ2v) is 16.4. The molecule has 0 radical (unpaired) electrons. The topological polar surface area (TPSA) is 50.9 Å². The third-order valence-electron chi connectivity index (χ3n) is 10.8. The average Bonchev–Trinajstić information content (AvgIpc) is 3.60. The number of aromatic hydroxyl groups is 1. The summed E-state index contributed by atoms with van der Waals surface area (Å²) >= 11 is 0. The summed E-state index contributed by atoms with van der Waals surface area (Å²) < 4.78 is 11.2. The molecule has 56 heavy (non-hydrogen) atoms. The Hall–Kier alpha value is -6.26. The number of fused-ring (bicyclic) bond motifs is 1. The number of hydrogen-bond donors (Lipinski definition) is 1. The van der Waals surface area contributed by atoms with Crippen LogP contribution < -0.4 is 0 Å². The lowest BCUT2D eigenvalue weighted by Gasteiger charge is -2.19. The van der Waals surface area contributed by atoms with E-state index >= 15 is 0 Å². The van der Waals surface area contributed by atoms with Gasteiger partial charge in [-0.25, -0.2) is 4.98 Å². The predicted octanol–water partition coefficient (Wildman–Crippen LogP) is 14.0. The average molecular weight is 733 g/mol. The number of hydrogen-bond acceptors (Lipinski definition) is 3. The Bertz CT molecular complexity index is 2730. The Labute approximate surface area is 332 Å². The smallest absolute Gasteiger partial charge is 0.149 e. The van der Waals surface area contributed by atoms with Crippen LogP contribution >= 0.6 is 0 Å². The van der Waals surface area contributed by atoms with Crippen LogP contribution in [0.1, 0.15) is 78.3 Å². The van der Waals surface area contributed by atoms with E-state index in [2.05, 4.69) is 142 Å². The third-order valence-corrected chi connectivity index (χ3v) is 10.8. The Morgan fingerprint density at radius 1 is 0.589 bits per heavy atom. The van der Waals surface area contributed by atoms with Crippen molar-refractivity contribution in [2.24, 2.45) is 0 Å². The molecule has 1 N–H and O–H groups in total. The maximum Gasteiger partial charge on any atom is 0.149 e. The maximum atomic E-state index is 11.3. The quantitative estimate of drug-likeness (QED) is 0.169. The molecule has 0 aliphatic carbocycles. The van der Waals surface area contributed by atoms with Gasteiger partial charge >= 0.3 is 0 Å². The van der Waals surface area contributed by atoms with Crippen molar-refractivity contribution in [3.8, 4) is 67.5 Å². The van der Waals surface area contributed by atoms with E-state index < -0.39 is 5.89 Å². The first kappa shape index (κ1) is 35.4. The van der Waals surface area contributed by atoms with Crippen LogP contribution in [0.4, 0.5) is 0 Å². The number of benzene rings is 6. The molecule has 0 fully saturated rings. The zero-order chi connectivity index (χ0) is 40.1. The van der Waals surface area contributed by atoms with Crippen LogP contribution in [-0.2, 0) is 5.41 Å². The van der Waals surface area contributed by atoms with Crippen LogP contribution in [-0.4, -0.2) is 19.6 Å². The van der Waals surface area contributed by atoms with Gasteiger partial charge in [-0.15, -0.1) is 0 Å². The number of rotatable bonds is 8. The first-order valence-electron chi connectivity index (χ1n) is 20.0. The molecule has 0 atom stereocenters. The van der Waals surface area contributed by atoms with Crippen molar-refractivity contribution in [3.05, 3.63) is 168 Å². The summed E-state index contributed by atoms with van der Waals surface area (Å²) in [5.74, 6) is 0.198. The molecule has 0 saturated heterocycles. The minimum Gasteiger partial charge on any atom is -0.507 e. The lowest BCUT2D eigenvalue weighted by Crippen LogP contribution is -2.10. The number of nitrogens with zero attached hydrogens (tertiary/aromatic N) is 3. The number of aromatic nitrogens is 3. The number of para-hydroxylation sites is 2. The summed E-state index contributed by atoms with van der Waals surface area (Å²) in [5.41, 5.74) is 15.1. The van der Waals surface area contributed by atoms with Gasteiger partial charge in [-0.2, -0.15) is 0 Å². The lowest BCUT2D eigenvalue weighted by molar-refractivity contribution is 0.477. The summed E-state index contributed by atoms with van der Waals surface area (Å²) in [6.45, 7) is 15.0. The van der Waals surface area contributed by atoms with E-state index in [0.29, 0.717) is 11.4 Å². The van der Waals surface area contributed by atoms with E-state index in [4.69, 9.17) is 11.3 Å². The summed E-state index contributed by atoms with van der Waals surface area (Å²) in [6, 6.07) is 50.2. The largest absolute Gasteiger partial charge is 0.507 e. The van der Waals surface area contributed by atoms with Gasteiger partial charge in [-0.1, -0.05) is 139 Å². The molecule has 4 nitrogen and oxygen atoms in total. The molecule has 6 aromatic carbocycles. The highest BCUT2D eigenvalue weighted by molar-refractivity contribution is 5.97. The molecule has 278 valence electrons. The van der Waals surface area contributed by atoms with Crippen molar-refractivity contribution >= 4 is 11.0 Å². The second kappa shape index (κ2) is 14.8. The molecular weight excluding hydrogens is 683 g/mol. The Morgan fingerprint density at radius 3 is 1.98 bits per heavy atom. The van der Waals surface area contributed by atoms with Gasteiger partial charge in [0, 0.05) is 24.4 Å². The van der Waals surface area contributed by atoms with Crippen molar-refractivity contribution < 1.29 is 6.48 Å². The molecular formula is C52H49N3O. The summed E-state index contributed by atoms with van der Waals surface area (Å²) in [6.07, 6.45) is 1.90. The maximum absolute atomic E-state index is 11.3. The standard InChI is InChI=1S/C52H49N3O/c1-33(2)38-27-41(29-42(28-38)47-32-37(24-25-53-47)36-20-22-43(23-21-36)52(5,6)7)45-17-13-18-48-50(45)54-51(46-16-11-12-19-49(46)56)55(48)44-30-39(34(3)4)26-40(31-44)35-14-9-8-10-15-35/h8-34,56H,1-7H3/i34D. The highest BCUT2D eigenvalue weighted by atomic mass is 16.3. The van der Waals surface area contributed by atoms with E-state index in [0.717, 1.165) is 66.9 Å². The fraction of sp³-hybridized carbons (Fsp3) is 0.192. The van der Waals surface area contributed by atoms with Crippen LogP contribution in [0.25, 0.3) is 72.7 Å². The molecule has 0 aliphatic heterocycles. The van der Waals surface area contributed by atoms with Gasteiger partial charge < -0.3 is 5.11 Å². The molecule has 0 saturated carbocycles. The van der Waals surface area contributed by atoms with E-state index in [1.807, 2.05) is 56.4 Å². The van der Waals surface area contributed by atoms with E-state index in [9.17, 15) is 5.11 Å². The first-order chi connectivity index (χ1) is 27.2. The molecule has 0 amide bonds. The monoisotopic (exact) mass is 732 g/mol. The van der Waals surface area contributed by atoms with E-state index in [-0.39, 0.29) is 17.1 Å². The fourth-order valence-electron chi connectivity index (χ4n) is 7.48. The lowest BCUT2D eigenvalue weighted by atomic mass is 9.86. The number of phenolic OH excluding ortho intramolecular Hbond substituents is 1. The zero-order valence-electron chi connectivity index (χ0n) is 34.3. The SMILES string of the molecule is [2H]C(C)(C)c1cc(-c2ccccc2)cc(-n2c(-c3ccccc3O)nc3c(-c4cc(-c5cc(-c6ccc(C(C)(C)C)cc6)ccn5)cc(C(C)C)c4)cccc32)c1. The van der Waals surface area contributed by atoms with Crippen molar-refractivity contribution in [2.75, 3.05) is 0 Å². The molecule has 2 aromatic heterocycles. The molecule has 8 aromatic rings. The van der Waals surface area contributed by atoms with Gasteiger partial charge in [0.25, 0.3) is 0 Å². The highest BCUT2D eigenvalue weighted by Crippen LogP contribution is 2.40. The second-order valence-electron chi connectivity index (χ2n) is 16.4. The predicted molar refractivity (Wildman–Crippen MR) is 235 cm³/mol. The fourth-order valence-corrected chi connectivity index (χ4v) is 7.48. The molecule has 0 unspecified atom stereocenters. The Balaban J connectivity index is 1.33. The van der Waals surface area contributed by atoms with Crippen LogP contribution in [0.2, 0.25) is 0 Å². The summed E-state index contributed by atoms with van der Waals surface area (Å²) in [5, 5.41) is 11.3. The normalized spacial score (nSPS) is 12.3. The molecule has 4 heteroatoms. The van der Waals surface area contributed by atoms with Crippen LogP contribution in [0, 0.1) is 0 Å². The molecule has 0 spiro atoms. The molecule has 0 aliphatic rings. The van der Waals surface area contributed by atoms with Crippen LogP contribution in [0.5, 0.6) is 5.75 Å². The highest BCUT2D eigenvalue weighted by Gasteiger charge is 2.22. The van der Waals surface area contributed by atoms with Gasteiger partial charge in [-0.05, 0) is 116 Å². The van der Waals surface area contributed by atoms with Crippen molar-refractivity contribution in [3.63, 3.8) is 0 Å². The summed E-state index contributed by atoms with van der Waals surface area (Å²) in [4.78, 5) is 10.3. The Kier molecular flexibility index (Phi) is 9.34. The molecule has 8 rings (SSSR count). The van der Waals surface area contributed by atoms with Crippen molar-refractivity contribution in [2.45, 2.75) is 65.7 Å². The van der Waals surface area contributed by atoms with E-state index in [1.54, 1.807) is 6.07 Å². The summed E-state index contributed by atoms with van der Waals surface area (Å²) in [7, 11) is 0. The zero-order valence-corrected chi connectivity index (χ0v) is 33.3. The van der Waals surface area contributed by atoms with Gasteiger partial charge in [-0.3, -0.25) is 9.55 Å². The third kappa shape index (κ3) is 7.15. The number of pyridine rings is 1. The Morgan fingerprint density at radius 2 is 1.27 bits per heavy atom. The minimum atomic E-state index is -0.856. The molecule has 0 bridgehead atoms. The first-order valence-corrected chi connectivity index (χ1v) is 19.5. The van der Waals surface area contributed by atoms with Gasteiger partial charge in [0.05, 0.1) is 22.3 Å². The van der Waals surface area contributed by atoms with Crippen LogP contribution in [0.15, 0.2) is 152 Å². The number of imidazole rings is 1. The van der Waals surface area contributed by atoms with Crippen LogP contribution in [0.3, 0.4) is 0 Å². The van der Waals surface area contributed by atoms with Gasteiger partial charge in [0.2, 0.25) is 0 Å². The van der Waals surface area contributed by atoms with E-state index in [1.165, 1.54) is 11.1 Å².